The van der Waals surface area contributed by atoms with Crippen molar-refractivity contribution >= 4 is 16.7 Å². The van der Waals surface area contributed by atoms with Crippen LogP contribution in [0, 0.1) is 0 Å². The zero-order valence-electron chi connectivity index (χ0n) is 11.2. The largest absolute Gasteiger partial charge is 0.374 e. The van der Waals surface area contributed by atoms with E-state index in [4.69, 9.17) is 10.5 Å². The van der Waals surface area contributed by atoms with Crippen LogP contribution in [0.15, 0.2) is 0 Å². The molecule has 0 unspecified atom stereocenters. The highest BCUT2D eigenvalue weighted by Crippen LogP contribution is 2.29. The van der Waals surface area contributed by atoms with Crippen LogP contribution in [0.5, 0.6) is 0 Å². The van der Waals surface area contributed by atoms with Gasteiger partial charge in [-0.2, -0.15) is 4.37 Å². The van der Waals surface area contributed by atoms with E-state index in [1.807, 2.05) is 6.92 Å². The maximum atomic E-state index is 5.87. The number of hydrogen-bond donors (Lipinski definition) is 1. The molecule has 1 aromatic heterocycles. The van der Waals surface area contributed by atoms with Crippen LogP contribution in [0.3, 0.4) is 0 Å². The number of hydrogen-bond acceptors (Lipinski definition) is 6. The van der Waals surface area contributed by atoms with Gasteiger partial charge < -0.3 is 15.4 Å². The van der Waals surface area contributed by atoms with Crippen molar-refractivity contribution < 1.29 is 4.74 Å². The molecule has 1 aromatic rings. The van der Waals surface area contributed by atoms with E-state index in [0.29, 0.717) is 6.54 Å². The summed E-state index contributed by atoms with van der Waals surface area (Å²) in [7, 11) is 0. The van der Waals surface area contributed by atoms with Crippen molar-refractivity contribution in [2.24, 2.45) is 5.73 Å². The molecule has 1 aliphatic heterocycles. The molecule has 0 radical (unpaired) electrons. The number of ether oxygens (including phenoxy) is 1. The van der Waals surface area contributed by atoms with E-state index in [1.54, 1.807) is 0 Å². The SMILES string of the molecule is CCOC1(CN)CCN(c2nc(CC)ns2)CC1. The number of anilines is 1. The maximum absolute atomic E-state index is 5.87. The summed E-state index contributed by atoms with van der Waals surface area (Å²) in [5, 5.41) is 1.04. The van der Waals surface area contributed by atoms with Crippen molar-refractivity contribution in [2.45, 2.75) is 38.7 Å². The predicted octanol–water partition coefficient (Wildman–Crippen LogP) is 1.43. The Kier molecular flexibility index (Phi) is 4.53. The predicted molar refractivity (Wildman–Crippen MR) is 74.1 cm³/mol. The Morgan fingerprint density at radius 2 is 2.11 bits per heavy atom. The second-order valence-electron chi connectivity index (χ2n) is 4.65. The van der Waals surface area contributed by atoms with Crippen LogP contribution < -0.4 is 10.6 Å². The highest BCUT2D eigenvalue weighted by molar-refractivity contribution is 7.09. The van der Waals surface area contributed by atoms with Gasteiger partial charge in [-0.15, -0.1) is 0 Å². The molecule has 0 aromatic carbocycles. The molecule has 0 saturated carbocycles. The lowest BCUT2D eigenvalue weighted by Gasteiger charge is -2.40. The Labute approximate surface area is 113 Å². The Morgan fingerprint density at radius 1 is 1.39 bits per heavy atom. The highest BCUT2D eigenvalue weighted by Gasteiger charge is 2.34. The van der Waals surface area contributed by atoms with Crippen LogP contribution in [0.2, 0.25) is 0 Å². The molecule has 6 heteroatoms. The number of aryl methyl sites for hydroxylation is 1. The van der Waals surface area contributed by atoms with Crippen LogP contribution in [0.1, 0.15) is 32.5 Å². The van der Waals surface area contributed by atoms with Crippen LogP contribution >= 0.6 is 11.5 Å². The minimum atomic E-state index is -0.122. The molecule has 1 saturated heterocycles. The summed E-state index contributed by atoms with van der Waals surface area (Å²) in [6.45, 7) is 7.35. The summed E-state index contributed by atoms with van der Waals surface area (Å²) in [5.74, 6) is 0.940. The van der Waals surface area contributed by atoms with Gasteiger partial charge in [0.25, 0.3) is 0 Å². The molecule has 2 N–H and O–H groups in total. The zero-order chi connectivity index (χ0) is 13.0. The van der Waals surface area contributed by atoms with Gasteiger partial charge in [0.2, 0.25) is 5.13 Å². The molecule has 18 heavy (non-hydrogen) atoms. The first-order valence-corrected chi connectivity index (χ1v) is 7.42. The number of nitrogens with two attached hydrogens (primary N) is 1. The minimum Gasteiger partial charge on any atom is -0.374 e. The molecule has 5 nitrogen and oxygen atoms in total. The van der Waals surface area contributed by atoms with Crippen molar-refractivity contribution in [1.82, 2.24) is 9.36 Å². The van der Waals surface area contributed by atoms with E-state index in [-0.39, 0.29) is 5.60 Å². The molecule has 2 heterocycles. The first-order valence-electron chi connectivity index (χ1n) is 6.64. The molecular weight excluding hydrogens is 248 g/mol. The van der Waals surface area contributed by atoms with Crippen molar-refractivity contribution in [2.75, 3.05) is 31.1 Å². The average molecular weight is 270 g/mol. The summed E-state index contributed by atoms with van der Waals surface area (Å²) in [6, 6.07) is 0. The van der Waals surface area contributed by atoms with E-state index < -0.39 is 0 Å². The van der Waals surface area contributed by atoms with Gasteiger partial charge in [0, 0.05) is 44.2 Å². The van der Waals surface area contributed by atoms with E-state index in [9.17, 15) is 0 Å². The Hall–Kier alpha value is -0.720. The van der Waals surface area contributed by atoms with Crippen molar-refractivity contribution in [3.63, 3.8) is 0 Å². The lowest BCUT2D eigenvalue weighted by atomic mass is 9.91. The fourth-order valence-corrected chi connectivity index (χ4v) is 3.14. The van der Waals surface area contributed by atoms with Crippen LogP contribution in [0.4, 0.5) is 5.13 Å². The van der Waals surface area contributed by atoms with E-state index in [0.717, 1.165) is 49.9 Å². The van der Waals surface area contributed by atoms with E-state index in [1.165, 1.54) is 11.5 Å². The van der Waals surface area contributed by atoms with Crippen molar-refractivity contribution in [3.8, 4) is 0 Å². The molecule has 0 aliphatic carbocycles. The fraction of sp³-hybridized carbons (Fsp3) is 0.833. The monoisotopic (exact) mass is 270 g/mol. The fourth-order valence-electron chi connectivity index (χ4n) is 2.34. The van der Waals surface area contributed by atoms with Gasteiger partial charge in [0.05, 0.1) is 5.60 Å². The smallest absolute Gasteiger partial charge is 0.205 e. The maximum Gasteiger partial charge on any atom is 0.205 e. The van der Waals surface area contributed by atoms with Crippen molar-refractivity contribution in [3.05, 3.63) is 5.82 Å². The normalized spacial score (nSPS) is 19.2. The average Bonchev–Trinajstić information content (AvgIpc) is 2.89. The van der Waals surface area contributed by atoms with Gasteiger partial charge in [-0.05, 0) is 19.8 Å². The number of nitrogens with zero attached hydrogens (tertiary/aromatic N) is 3. The Bertz CT molecular complexity index is 374. The summed E-state index contributed by atoms with van der Waals surface area (Å²) >= 11 is 1.49. The number of rotatable bonds is 5. The second-order valence-corrected chi connectivity index (χ2v) is 5.38. The van der Waals surface area contributed by atoms with E-state index >= 15 is 0 Å². The first kappa shape index (κ1) is 13.7. The van der Waals surface area contributed by atoms with Gasteiger partial charge in [-0.25, -0.2) is 4.98 Å². The van der Waals surface area contributed by atoms with Gasteiger partial charge in [0.15, 0.2) is 0 Å². The molecule has 0 spiro atoms. The summed E-state index contributed by atoms with van der Waals surface area (Å²) in [4.78, 5) is 6.83. The van der Waals surface area contributed by atoms with Crippen LogP contribution in [0.25, 0.3) is 0 Å². The third kappa shape index (κ3) is 2.81. The zero-order valence-corrected chi connectivity index (χ0v) is 12.0. The summed E-state index contributed by atoms with van der Waals surface area (Å²) in [5.41, 5.74) is 5.74. The standard InChI is InChI=1S/C12H22N4OS/c1-3-10-14-11(18-15-10)16-7-5-12(9-13,6-8-16)17-4-2/h3-9,13H2,1-2H3. The van der Waals surface area contributed by atoms with Gasteiger partial charge in [-0.1, -0.05) is 6.92 Å². The Morgan fingerprint density at radius 3 is 2.61 bits per heavy atom. The van der Waals surface area contributed by atoms with Crippen molar-refractivity contribution in [1.29, 1.82) is 0 Å². The molecular formula is C12H22N4OS. The molecule has 1 aliphatic rings. The molecule has 0 atom stereocenters. The second kappa shape index (κ2) is 5.95. The summed E-state index contributed by atoms with van der Waals surface area (Å²) in [6.07, 6.45) is 2.84. The van der Waals surface area contributed by atoms with Gasteiger partial charge in [-0.3, -0.25) is 0 Å². The van der Waals surface area contributed by atoms with E-state index in [2.05, 4.69) is 21.2 Å². The molecule has 1 fully saturated rings. The third-order valence-corrected chi connectivity index (χ3v) is 4.36. The highest BCUT2D eigenvalue weighted by atomic mass is 32.1. The quantitative estimate of drug-likeness (QED) is 0.877. The number of piperidine rings is 1. The molecule has 102 valence electrons. The first-order chi connectivity index (χ1) is 8.73. The lowest BCUT2D eigenvalue weighted by Crippen LogP contribution is -2.50. The minimum absolute atomic E-state index is 0.122. The molecule has 0 amide bonds. The third-order valence-electron chi connectivity index (χ3n) is 3.54. The lowest BCUT2D eigenvalue weighted by molar-refractivity contribution is -0.0487. The van der Waals surface area contributed by atoms with Crippen LogP contribution in [-0.4, -0.2) is 41.2 Å². The molecule has 0 bridgehead atoms. The van der Waals surface area contributed by atoms with Gasteiger partial charge in [0.1, 0.15) is 5.82 Å². The summed E-state index contributed by atoms with van der Waals surface area (Å²) < 4.78 is 10.2. The Balaban J connectivity index is 1.97. The molecule has 2 rings (SSSR count). The van der Waals surface area contributed by atoms with Crippen LogP contribution in [-0.2, 0) is 11.2 Å². The topological polar surface area (TPSA) is 64.3 Å². The number of aromatic nitrogens is 2. The van der Waals surface area contributed by atoms with Gasteiger partial charge >= 0.3 is 0 Å².